The molecule has 56 valence electrons. The maximum absolute atomic E-state index is 12.6. The molecule has 0 radical (unpaired) electrons. The molecule has 0 aliphatic heterocycles. The van der Waals surface area contributed by atoms with Crippen molar-refractivity contribution in [2.24, 2.45) is 0 Å². The number of hydrogen-bond acceptors (Lipinski definition) is 0. The van der Waals surface area contributed by atoms with Gasteiger partial charge >= 0.3 is 5.92 Å². The molecule has 1 rings (SSSR count). The second-order valence-electron chi connectivity index (χ2n) is 2.89. The topological polar surface area (TPSA) is 4.36 Å². The minimum Gasteiger partial charge on any atom is -0.304 e. The van der Waals surface area contributed by atoms with Crippen molar-refractivity contribution in [2.45, 2.75) is 37.6 Å². The Morgan fingerprint density at radius 1 is 1.50 bits per heavy atom. The standard InChI is InChI=1S/C7H9F2N/c1-6(8,9)7(10-2)4-3-5-7/h3-5H2,1H3. The zero-order valence-electron chi connectivity index (χ0n) is 5.82. The molecule has 10 heavy (non-hydrogen) atoms. The maximum atomic E-state index is 12.6. The Hall–Kier alpha value is -0.650. The molecule has 0 amide bonds. The van der Waals surface area contributed by atoms with Gasteiger partial charge in [-0.15, -0.1) is 0 Å². The van der Waals surface area contributed by atoms with E-state index < -0.39 is 11.5 Å². The van der Waals surface area contributed by atoms with Crippen LogP contribution >= 0.6 is 0 Å². The van der Waals surface area contributed by atoms with Crippen LogP contribution in [-0.4, -0.2) is 11.5 Å². The van der Waals surface area contributed by atoms with Crippen LogP contribution in [0, 0.1) is 6.57 Å². The van der Waals surface area contributed by atoms with Crippen molar-refractivity contribution in [3.63, 3.8) is 0 Å². The summed E-state index contributed by atoms with van der Waals surface area (Å²) in [5.41, 5.74) is -1.34. The van der Waals surface area contributed by atoms with E-state index in [0.717, 1.165) is 13.3 Å². The fourth-order valence-electron chi connectivity index (χ4n) is 1.16. The highest BCUT2D eigenvalue weighted by molar-refractivity contribution is 5.12. The van der Waals surface area contributed by atoms with E-state index in [0.29, 0.717) is 12.8 Å². The van der Waals surface area contributed by atoms with E-state index in [2.05, 4.69) is 4.85 Å². The number of nitrogens with zero attached hydrogens (tertiary/aromatic N) is 1. The molecule has 0 unspecified atom stereocenters. The zero-order valence-corrected chi connectivity index (χ0v) is 5.82. The Labute approximate surface area is 58.9 Å². The molecule has 0 aromatic rings. The molecule has 0 heterocycles. The molecule has 1 saturated carbocycles. The number of rotatable bonds is 1. The highest BCUT2D eigenvalue weighted by Crippen LogP contribution is 2.47. The van der Waals surface area contributed by atoms with Crippen molar-refractivity contribution >= 4 is 0 Å². The zero-order chi connectivity index (χ0) is 7.83. The molecule has 0 saturated heterocycles. The average molecular weight is 145 g/mol. The molecular weight excluding hydrogens is 136 g/mol. The van der Waals surface area contributed by atoms with Crippen molar-refractivity contribution < 1.29 is 8.78 Å². The summed E-state index contributed by atoms with van der Waals surface area (Å²) in [5, 5.41) is 0. The predicted molar refractivity (Wildman–Crippen MR) is 33.8 cm³/mol. The van der Waals surface area contributed by atoms with Gasteiger partial charge in [0.1, 0.15) is 0 Å². The molecule has 1 nitrogen and oxygen atoms in total. The Bertz CT molecular complexity index is 171. The van der Waals surface area contributed by atoms with Crippen LogP contribution in [-0.2, 0) is 0 Å². The third-order valence-electron chi connectivity index (χ3n) is 2.21. The van der Waals surface area contributed by atoms with E-state index in [-0.39, 0.29) is 0 Å². The highest BCUT2D eigenvalue weighted by atomic mass is 19.3. The SMILES string of the molecule is [C-]#[N+]C1(C(C)(F)F)CCC1. The van der Waals surface area contributed by atoms with E-state index in [4.69, 9.17) is 6.57 Å². The molecule has 0 atom stereocenters. The lowest BCUT2D eigenvalue weighted by Crippen LogP contribution is -2.48. The van der Waals surface area contributed by atoms with Gasteiger partial charge in [-0.2, -0.15) is 8.78 Å². The summed E-state index contributed by atoms with van der Waals surface area (Å²) in [4.78, 5) is 3.00. The van der Waals surface area contributed by atoms with Crippen LogP contribution in [0.25, 0.3) is 4.85 Å². The molecule has 1 aliphatic carbocycles. The smallest absolute Gasteiger partial charge is 0.304 e. The van der Waals surface area contributed by atoms with Crippen LogP contribution in [0.2, 0.25) is 0 Å². The second kappa shape index (κ2) is 1.91. The quantitative estimate of drug-likeness (QED) is 0.499. The van der Waals surface area contributed by atoms with Gasteiger partial charge in [0.15, 0.2) is 0 Å². The van der Waals surface area contributed by atoms with Gasteiger partial charge in [-0.25, -0.2) is 6.57 Å². The maximum Gasteiger partial charge on any atom is 0.320 e. The fourth-order valence-corrected chi connectivity index (χ4v) is 1.16. The molecule has 0 N–H and O–H groups in total. The predicted octanol–water partition coefficient (Wildman–Crippen LogP) is 2.48. The van der Waals surface area contributed by atoms with E-state index in [1.165, 1.54) is 0 Å². The Morgan fingerprint density at radius 2 is 2.00 bits per heavy atom. The van der Waals surface area contributed by atoms with E-state index in [1.54, 1.807) is 0 Å². The minimum atomic E-state index is -2.81. The number of hydrogen-bond donors (Lipinski definition) is 0. The summed E-state index contributed by atoms with van der Waals surface area (Å²) in [6.45, 7) is 7.45. The molecule has 1 aliphatic rings. The van der Waals surface area contributed by atoms with Gasteiger partial charge < -0.3 is 4.85 Å². The molecule has 1 fully saturated rings. The summed E-state index contributed by atoms with van der Waals surface area (Å²) >= 11 is 0. The molecule has 0 aromatic carbocycles. The van der Waals surface area contributed by atoms with Gasteiger partial charge in [-0.1, -0.05) is 0 Å². The second-order valence-corrected chi connectivity index (χ2v) is 2.89. The van der Waals surface area contributed by atoms with Crippen LogP contribution < -0.4 is 0 Å². The molecule has 0 aromatic heterocycles. The largest absolute Gasteiger partial charge is 0.320 e. The summed E-state index contributed by atoms with van der Waals surface area (Å²) in [6.07, 6.45) is 1.49. The first-order valence-corrected chi connectivity index (χ1v) is 3.28. The first-order valence-electron chi connectivity index (χ1n) is 3.28. The van der Waals surface area contributed by atoms with Gasteiger partial charge in [0.25, 0.3) is 5.54 Å². The Morgan fingerprint density at radius 3 is 2.00 bits per heavy atom. The van der Waals surface area contributed by atoms with Crippen molar-refractivity contribution in [3.05, 3.63) is 11.4 Å². The first kappa shape index (κ1) is 7.46. The van der Waals surface area contributed by atoms with E-state index >= 15 is 0 Å². The van der Waals surface area contributed by atoms with E-state index in [1.807, 2.05) is 0 Å². The number of alkyl halides is 2. The lowest BCUT2D eigenvalue weighted by Gasteiger charge is -2.34. The Balaban J connectivity index is 2.77. The van der Waals surface area contributed by atoms with Gasteiger partial charge in [0, 0.05) is 19.8 Å². The van der Waals surface area contributed by atoms with Crippen molar-refractivity contribution in [1.29, 1.82) is 0 Å². The average Bonchev–Trinajstić information content (AvgIpc) is 1.58. The van der Waals surface area contributed by atoms with Gasteiger partial charge in [0.2, 0.25) is 0 Å². The summed E-state index contributed by atoms with van der Waals surface area (Å²) in [5.74, 6) is -2.81. The van der Waals surface area contributed by atoms with Gasteiger partial charge in [0.05, 0.1) is 0 Å². The number of halogens is 2. The van der Waals surface area contributed by atoms with Crippen LogP contribution in [0.15, 0.2) is 0 Å². The van der Waals surface area contributed by atoms with Gasteiger partial charge in [-0.3, -0.25) is 0 Å². The van der Waals surface area contributed by atoms with E-state index in [9.17, 15) is 8.78 Å². The lowest BCUT2D eigenvalue weighted by atomic mass is 9.73. The summed E-state index contributed by atoms with van der Waals surface area (Å²) in [6, 6.07) is 0. The van der Waals surface area contributed by atoms with Crippen LogP contribution in [0.5, 0.6) is 0 Å². The third kappa shape index (κ3) is 0.792. The first-order chi connectivity index (χ1) is 4.52. The van der Waals surface area contributed by atoms with Gasteiger partial charge in [-0.05, 0) is 6.42 Å². The normalized spacial score (nSPS) is 23.0. The van der Waals surface area contributed by atoms with Crippen LogP contribution in [0.4, 0.5) is 8.78 Å². The molecule has 3 heteroatoms. The summed E-state index contributed by atoms with van der Waals surface area (Å²) < 4.78 is 25.2. The minimum absolute atomic E-state index is 0.361. The molecular formula is C7H9F2N. The third-order valence-corrected chi connectivity index (χ3v) is 2.21. The monoisotopic (exact) mass is 145 g/mol. The van der Waals surface area contributed by atoms with Crippen molar-refractivity contribution in [3.8, 4) is 0 Å². The van der Waals surface area contributed by atoms with Crippen LogP contribution in [0.3, 0.4) is 0 Å². The Kier molecular flexibility index (Phi) is 1.43. The molecule has 0 bridgehead atoms. The van der Waals surface area contributed by atoms with Crippen molar-refractivity contribution in [2.75, 3.05) is 0 Å². The highest BCUT2D eigenvalue weighted by Gasteiger charge is 2.61. The summed E-state index contributed by atoms with van der Waals surface area (Å²) in [7, 11) is 0. The molecule has 0 spiro atoms. The van der Waals surface area contributed by atoms with Crippen molar-refractivity contribution in [1.82, 2.24) is 0 Å². The fraction of sp³-hybridized carbons (Fsp3) is 0.857. The lowest BCUT2D eigenvalue weighted by molar-refractivity contribution is -0.0703. The van der Waals surface area contributed by atoms with Crippen LogP contribution in [0.1, 0.15) is 26.2 Å².